The van der Waals surface area contributed by atoms with Crippen molar-refractivity contribution in [3.8, 4) is 6.07 Å². The highest BCUT2D eigenvalue weighted by atomic mass is 16.2. The number of piperidine rings is 1. The molecule has 1 saturated heterocycles. The van der Waals surface area contributed by atoms with Gasteiger partial charge in [-0.25, -0.2) is 0 Å². The van der Waals surface area contributed by atoms with Gasteiger partial charge in [0.15, 0.2) is 0 Å². The third kappa shape index (κ3) is 1.54. The van der Waals surface area contributed by atoms with Crippen LogP contribution in [0.3, 0.4) is 0 Å². The number of hydrogen-bond donors (Lipinski definition) is 0. The second-order valence-corrected chi connectivity index (χ2v) is 7.58. The molecule has 1 aromatic carbocycles. The highest BCUT2D eigenvalue weighted by molar-refractivity contribution is 5.97. The van der Waals surface area contributed by atoms with Crippen molar-refractivity contribution in [2.24, 2.45) is 5.41 Å². The van der Waals surface area contributed by atoms with Crippen molar-refractivity contribution < 1.29 is 4.79 Å². The first-order valence-electron chi connectivity index (χ1n) is 9.01. The molecule has 4 nitrogen and oxygen atoms in total. The van der Waals surface area contributed by atoms with Gasteiger partial charge in [0.2, 0.25) is 5.91 Å². The van der Waals surface area contributed by atoms with Crippen LogP contribution in [0.4, 0.5) is 0 Å². The number of benzene rings is 1. The molecule has 5 rings (SSSR count). The molecule has 3 atom stereocenters. The highest BCUT2D eigenvalue weighted by Crippen LogP contribution is 2.58. The quantitative estimate of drug-likeness (QED) is 0.806. The molecule has 4 heteroatoms. The largest absolute Gasteiger partial charge is 0.282 e. The SMILES string of the molecule is CCC12CCC(C#N)N3CCc4c(n(c5ccccc45)C(=O)C1)C32. The predicted octanol–water partition coefficient (Wildman–Crippen LogP) is 3.67. The number of para-hydroxylation sites is 1. The van der Waals surface area contributed by atoms with Crippen molar-refractivity contribution in [2.75, 3.05) is 6.54 Å². The summed E-state index contributed by atoms with van der Waals surface area (Å²) in [5.41, 5.74) is 3.60. The summed E-state index contributed by atoms with van der Waals surface area (Å²) in [5, 5.41) is 10.9. The number of carbonyl (C=O) groups is 1. The molecule has 122 valence electrons. The lowest BCUT2D eigenvalue weighted by Gasteiger charge is -2.55. The Labute approximate surface area is 141 Å². The molecule has 0 saturated carbocycles. The smallest absolute Gasteiger partial charge is 0.231 e. The minimum atomic E-state index is -0.0116. The summed E-state index contributed by atoms with van der Waals surface area (Å²) in [6.45, 7) is 3.14. The topological polar surface area (TPSA) is 49.0 Å². The zero-order chi connectivity index (χ0) is 16.5. The maximum absolute atomic E-state index is 13.1. The number of aromatic nitrogens is 1. The average Bonchev–Trinajstić information content (AvgIpc) is 2.96. The van der Waals surface area contributed by atoms with Crippen molar-refractivity contribution in [2.45, 2.75) is 51.1 Å². The van der Waals surface area contributed by atoms with E-state index >= 15 is 0 Å². The number of nitriles is 1. The fourth-order valence-electron chi connectivity index (χ4n) is 5.58. The van der Waals surface area contributed by atoms with E-state index in [9.17, 15) is 10.1 Å². The van der Waals surface area contributed by atoms with E-state index in [1.165, 1.54) is 16.6 Å². The molecule has 0 spiro atoms. The van der Waals surface area contributed by atoms with Gasteiger partial charge >= 0.3 is 0 Å². The van der Waals surface area contributed by atoms with Crippen LogP contribution in [0.25, 0.3) is 10.9 Å². The number of fused-ring (bicyclic) bond motifs is 3. The van der Waals surface area contributed by atoms with Gasteiger partial charge in [-0.05, 0) is 37.3 Å². The van der Waals surface area contributed by atoms with Crippen LogP contribution in [0, 0.1) is 16.7 Å². The Bertz CT molecular complexity index is 905. The van der Waals surface area contributed by atoms with Crippen molar-refractivity contribution in [3.63, 3.8) is 0 Å². The van der Waals surface area contributed by atoms with Crippen molar-refractivity contribution in [1.82, 2.24) is 9.47 Å². The molecular formula is C20H21N3O. The van der Waals surface area contributed by atoms with Crippen LogP contribution < -0.4 is 0 Å². The number of nitrogens with zero attached hydrogens (tertiary/aromatic N) is 3. The molecule has 0 amide bonds. The number of rotatable bonds is 1. The Morgan fingerprint density at radius 3 is 3.00 bits per heavy atom. The molecule has 2 aromatic rings. The minimum absolute atomic E-state index is 0.00395. The zero-order valence-corrected chi connectivity index (χ0v) is 14.0. The lowest BCUT2D eigenvalue weighted by Crippen LogP contribution is -2.56. The predicted molar refractivity (Wildman–Crippen MR) is 91.7 cm³/mol. The molecule has 4 heterocycles. The van der Waals surface area contributed by atoms with Gasteiger partial charge in [-0.3, -0.25) is 14.3 Å². The third-order valence-corrected chi connectivity index (χ3v) is 6.73. The summed E-state index contributed by atoms with van der Waals surface area (Å²) in [7, 11) is 0. The minimum Gasteiger partial charge on any atom is -0.282 e. The first kappa shape index (κ1) is 14.2. The first-order valence-corrected chi connectivity index (χ1v) is 9.01. The fourth-order valence-corrected chi connectivity index (χ4v) is 5.58. The Balaban J connectivity index is 1.85. The molecule has 3 unspecified atom stereocenters. The molecule has 0 bridgehead atoms. The van der Waals surface area contributed by atoms with Crippen LogP contribution in [-0.4, -0.2) is 28.0 Å². The van der Waals surface area contributed by atoms with Gasteiger partial charge in [0.25, 0.3) is 0 Å². The van der Waals surface area contributed by atoms with Crippen molar-refractivity contribution in [3.05, 3.63) is 35.5 Å². The summed E-state index contributed by atoms with van der Waals surface area (Å²) < 4.78 is 1.98. The van der Waals surface area contributed by atoms with Gasteiger partial charge in [-0.1, -0.05) is 25.1 Å². The zero-order valence-electron chi connectivity index (χ0n) is 14.0. The molecule has 0 N–H and O–H groups in total. The molecular weight excluding hydrogens is 298 g/mol. The number of hydrogen-bond acceptors (Lipinski definition) is 3. The lowest BCUT2D eigenvalue weighted by atomic mass is 9.63. The lowest BCUT2D eigenvalue weighted by molar-refractivity contribution is -0.0350. The van der Waals surface area contributed by atoms with Crippen molar-refractivity contribution in [1.29, 1.82) is 5.26 Å². The third-order valence-electron chi connectivity index (χ3n) is 6.73. The maximum atomic E-state index is 13.1. The van der Waals surface area contributed by atoms with E-state index in [1.54, 1.807) is 0 Å². The van der Waals surface area contributed by atoms with E-state index < -0.39 is 0 Å². The van der Waals surface area contributed by atoms with E-state index in [4.69, 9.17) is 0 Å². The van der Waals surface area contributed by atoms with E-state index in [0.29, 0.717) is 6.42 Å². The van der Waals surface area contributed by atoms with Crippen LogP contribution in [0.15, 0.2) is 24.3 Å². The van der Waals surface area contributed by atoms with Gasteiger partial charge in [0.1, 0.15) is 0 Å². The van der Waals surface area contributed by atoms with Gasteiger partial charge in [0, 0.05) is 29.5 Å². The summed E-state index contributed by atoms with van der Waals surface area (Å²) in [6, 6.07) is 11.0. The molecule has 1 aromatic heterocycles. The van der Waals surface area contributed by atoms with Crippen LogP contribution >= 0.6 is 0 Å². The van der Waals surface area contributed by atoms with Crippen LogP contribution in [0.2, 0.25) is 0 Å². The molecule has 3 aliphatic rings. The average molecular weight is 319 g/mol. The Morgan fingerprint density at radius 1 is 1.38 bits per heavy atom. The van der Waals surface area contributed by atoms with E-state index in [0.717, 1.165) is 37.7 Å². The maximum Gasteiger partial charge on any atom is 0.231 e. The Kier molecular flexibility index (Phi) is 2.79. The summed E-state index contributed by atoms with van der Waals surface area (Å²) in [4.78, 5) is 15.5. The Morgan fingerprint density at radius 2 is 2.21 bits per heavy atom. The molecule has 0 aliphatic carbocycles. The van der Waals surface area contributed by atoms with Gasteiger partial charge < -0.3 is 0 Å². The fraction of sp³-hybridized carbons (Fsp3) is 0.500. The second kappa shape index (κ2) is 4.70. The monoisotopic (exact) mass is 319 g/mol. The van der Waals surface area contributed by atoms with Crippen LogP contribution in [-0.2, 0) is 6.42 Å². The van der Waals surface area contributed by atoms with Gasteiger partial charge in [-0.15, -0.1) is 0 Å². The van der Waals surface area contributed by atoms with Gasteiger partial charge in [0.05, 0.1) is 23.7 Å². The molecule has 24 heavy (non-hydrogen) atoms. The summed E-state index contributed by atoms with van der Waals surface area (Å²) in [6.07, 6.45) is 4.41. The highest BCUT2D eigenvalue weighted by Gasteiger charge is 2.55. The van der Waals surface area contributed by atoms with E-state index in [1.807, 2.05) is 10.6 Å². The standard InChI is InChI=1S/C20H21N3O/c1-2-20-9-7-13(12-21)22-10-8-15-14-5-3-4-6-16(14)23(17(24)11-20)18(15)19(20)22/h3-6,13,19H,2,7-11H2,1H3. The van der Waals surface area contributed by atoms with Gasteiger partial charge in [-0.2, -0.15) is 5.26 Å². The van der Waals surface area contributed by atoms with Crippen LogP contribution in [0.1, 0.15) is 54.7 Å². The Hall–Kier alpha value is -2.12. The first-order chi connectivity index (χ1) is 11.7. The normalized spacial score (nSPS) is 31.8. The molecule has 3 aliphatic heterocycles. The van der Waals surface area contributed by atoms with E-state index in [2.05, 4.69) is 36.1 Å². The van der Waals surface area contributed by atoms with Crippen molar-refractivity contribution >= 4 is 16.8 Å². The number of carbonyl (C=O) groups excluding carboxylic acids is 1. The second-order valence-electron chi connectivity index (χ2n) is 7.58. The summed E-state index contributed by atoms with van der Waals surface area (Å²) in [5.74, 6) is 0.239. The summed E-state index contributed by atoms with van der Waals surface area (Å²) >= 11 is 0. The van der Waals surface area contributed by atoms with E-state index in [-0.39, 0.29) is 23.4 Å². The molecule has 1 fully saturated rings. The van der Waals surface area contributed by atoms with Crippen LogP contribution in [0.5, 0.6) is 0 Å². The molecule has 0 radical (unpaired) electrons.